The molecule has 0 bridgehead atoms. The summed E-state index contributed by atoms with van der Waals surface area (Å²) >= 11 is 6.10. The number of anilines is 1. The van der Waals surface area contributed by atoms with Gasteiger partial charge in [-0.15, -0.1) is 0 Å². The molecule has 2 aromatic rings. The zero-order valence-corrected chi connectivity index (χ0v) is 27.1. The molecule has 1 aromatic carbocycles. The van der Waals surface area contributed by atoms with E-state index in [0.717, 1.165) is 18.2 Å². The van der Waals surface area contributed by atoms with Crippen molar-refractivity contribution in [3.63, 3.8) is 0 Å². The lowest BCUT2D eigenvalue weighted by Gasteiger charge is -2.50. The number of carbonyl (C=O) groups excluding carboxylic acids is 3. The molecule has 3 aliphatic rings. The molecular formula is C29H34ClF3N10O4. The van der Waals surface area contributed by atoms with Crippen molar-refractivity contribution in [2.24, 2.45) is 4.99 Å². The van der Waals surface area contributed by atoms with Crippen LogP contribution >= 0.6 is 11.6 Å². The van der Waals surface area contributed by atoms with E-state index >= 15 is 0 Å². The first-order valence-corrected chi connectivity index (χ1v) is 15.0. The van der Waals surface area contributed by atoms with Crippen LogP contribution < -0.4 is 10.7 Å². The average Bonchev–Trinajstić information content (AvgIpc) is 3.39. The van der Waals surface area contributed by atoms with Crippen LogP contribution in [0.3, 0.4) is 0 Å². The number of aryl methyl sites for hydroxylation is 1. The highest BCUT2D eigenvalue weighted by molar-refractivity contribution is 6.33. The monoisotopic (exact) mass is 678 g/mol. The first kappa shape index (κ1) is 33.6. The molecule has 1 unspecified atom stereocenters. The lowest BCUT2D eigenvalue weighted by atomic mass is 10.1. The van der Waals surface area contributed by atoms with Crippen LogP contribution in [0.4, 0.5) is 18.9 Å². The number of allylic oxidation sites excluding steroid dienone is 1. The summed E-state index contributed by atoms with van der Waals surface area (Å²) in [6.07, 6.45) is -3.08. The van der Waals surface area contributed by atoms with Gasteiger partial charge in [0.2, 0.25) is 17.7 Å². The molecule has 1 aromatic heterocycles. The number of fused-ring (bicyclic) bond motifs is 1. The number of nitrogens with zero attached hydrogens (tertiary/aromatic N) is 8. The Kier molecular flexibility index (Phi) is 8.87. The number of piperazine rings is 1. The third-order valence-corrected chi connectivity index (χ3v) is 8.50. The molecule has 252 valence electrons. The van der Waals surface area contributed by atoms with Gasteiger partial charge in [0.05, 0.1) is 22.0 Å². The summed E-state index contributed by atoms with van der Waals surface area (Å²) < 4.78 is 39.4. The SMILES string of the molecule is CCC1=C(N2CCN(C(=O)c3ncnc(C)c3O)CC2)C(=O)N2NC(N(C)C)=NC2(C)N1CC(=O)Nc1ccc(C(F)(F)F)cc1Cl. The highest BCUT2D eigenvalue weighted by atomic mass is 35.5. The molecule has 0 saturated carbocycles. The third-order valence-electron chi connectivity index (χ3n) is 8.19. The molecule has 47 heavy (non-hydrogen) atoms. The van der Waals surface area contributed by atoms with Crippen molar-refractivity contribution >= 4 is 41.0 Å². The van der Waals surface area contributed by atoms with E-state index < -0.39 is 35.2 Å². The second-order valence-electron chi connectivity index (χ2n) is 11.5. The molecule has 14 nitrogen and oxygen atoms in total. The predicted molar refractivity (Wildman–Crippen MR) is 165 cm³/mol. The van der Waals surface area contributed by atoms with Crippen molar-refractivity contribution in [2.45, 2.75) is 39.2 Å². The van der Waals surface area contributed by atoms with Crippen LogP contribution in [0.2, 0.25) is 5.02 Å². The summed E-state index contributed by atoms with van der Waals surface area (Å²) in [6, 6.07) is 2.65. The minimum atomic E-state index is -4.60. The topological polar surface area (TPSA) is 150 Å². The van der Waals surface area contributed by atoms with Gasteiger partial charge in [0.15, 0.2) is 11.4 Å². The quantitative estimate of drug-likeness (QED) is 0.416. The number of guanidine groups is 1. The number of rotatable bonds is 6. The number of nitrogens with one attached hydrogen (secondary N) is 2. The molecular weight excluding hydrogens is 645 g/mol. The van der Waals surface area contributed by atoms with E-state index in [0.29, 0.717) is 23.8 Å². The van der Waals surface area contributed by atoms with E-state index in [-0.39, 0.29) is 60.6 Å². The van der Waals surface area contributed by atoms with E-state index in [1.165, 1.54) is 16.2 Å². The van der Waals surface area contributed by atoms with Gasteiger partial charge in [-0.1, -0.05) is 18.5 Å². The molecule has 18 heteroatoms. The summed E-state index contributed by atoms with van der Waals surface area (Å²) in [5.74, 6) is -2.77. The number of amides is 3. The summed E-state index contributed by atoms with van der Waals surface area (Å²) in [6.45, 7) is 5.68. The number of halogens is 4. The van der Waals surface area contributed by atoms with Crippen molar-refractivity contribution < 1.29 is 32.7 Å². The number of aromatic nitrogens is 2. The van der Waals surface area contributed by atoms with Crippen molar-refractivity contribution in [1.82, 2.24) is 40.0 Å². The largest absolute Gasteiger partial charge is 0.504 e. The number of benzene rings is 1. The van der Waals surface area contributed by atoms with E-state index in [9.17, 15) is 32.7 Å². The summed E-state index contributed by atoms with van der Waals surface area (Å²) in [5.41, 5.74) is 3.06. The van der Waals surface area contributed by atoms with Gasteiger partial charge >= 0.3 is 6.18 Å². The first-order valence-electron chi connectivity index (χ1n) is 14.7. The van der Waals surface area contributed by atoms with Gasteiger partial charge in [-0.25, -0.2) is 20.0 Å². The van der Waals surface area contributed by atoms with Gasteiger partial charge in [0, 0.05) is 52.9 Å². The van der Waals surface area contributed by atoms with Crippen molar-refractivity contribution in [3.8, 4) is 5.75 Å². The smallest absolute Gasteiger partial charge is 0.416 e. The van der Waals surface area contributed by atoms with Crippen LogP contribution in [0.5, 0.6) is 5.75 Å². The Morgan fingerprint density at radius 1 is 1.17 bits per heavy atom. The fraction of sp³-hybridized carbons (Fsp3) is 0.448. The highest BCUT2D eigenvalue weighted by Gasteiger charge is 2.54. The number of alkyl halides is 3. The van der Waals surface area contributed by atoms with Crippen LogP contribution in [0.15, 0.2) is 40.9 Å². The molecule has 3 N–H and O–H groups in total. The zero-order valence-electron chi connectivity index (χ0n) is 26.3. The van der Waals surface area contributed by atoms with Gasteiger partial charge in [0.25, 0.3) is 11.8 Å². The van der Waals surface area contributed by atoms with Crippen molar-refractivity contribution in [2.75, 3.05) is 52.1 Å². The molecule has 1 fully saturated rings. The van der Waals surface area contributed by atoms with Crippen LogP contribution in [0, 0.1) is 6.92 Å². The van der Waals surface area contributed by atoms with E-state index in [1.54, 1.807) is 37.7 Å². The van der Waals surface area contributed by atoms with Gasteiger partial charge in [-0.2, -0.15) is 13.2 Å². The first-order chi connectivity index (χ1) is 22.1. The Morgan fingerprint density at radius 3 is 2.45 bits per heavy atom. The lowest BCUT2D eigenvalue weighted by molar-refractivity contribution is -0.150. The van der Waals surface area contributed by atoms with Crippen molar-refractivity contribution in [3.05, 3.63) is 57.9 Å². The minimum absolute atomic E-state index is 0.00486. The zero-order chi connectivity index (χ0) is 34.4. The standard InChI is InChI=1S/C29H34ClF3N10O4/c1-6-20-23(40-9-11-41(12-10-40)25(46)22-24(45)16(2)34-15-35-22)26(47)43-28(3,37-27(38-43)39(4)5)42(20)14-21(44)36-19-8-7-17(13-18(19)30)29(31,32)33/h7-8,13,15,45H,6,9-12,14H2,1-5H3,(H,36,44)(H,37,38). The fourth-order valence-corrected chi connectivity index (χ4v) is 5.90. The maximum atomic E-state index is 14.2. The number of aromatic hydroxyl groups is 1. The minimum Gasteiger partial charge on any atom is -0.504 e. The number of hydrogen-bond donors (Lipinski definition) is 3. The third kappa shape index (κ3) is 6.18. The second kappa shape index (κ2) is 12.4. The number of hydrazine groups is 1. The van der Waals surface area contributed by atoms with Crippen LogP contribution in [0.25, 0.3) is 0 Å². The number of hydrogen-bond acceptors (Lipinski definition) is 11. The van der Waals surface area contributed by atoms with Gasteiger partial charge in [-0.05, 0) is 31.5 Å². The number of aliphatic imine (C=N–C) groups is 1. The Bertz CT molecular complexity index is 1680. The highest BCUT2D eigenvalue weighted by Crippen LogP contribution is 2.39. The summed E-state index contributed by atoms with van der Waals surface area (Å²) in [4.78, 5) is 60.1. The van der Waals surface area contributed by atoms with E-state index in [2.05, 4.69) is 20.7 Å². The normalized spacial score (nSPS) is 19.9. The molecule has 3 aliphatic heterocycles. The Labute approximate surface area is 273 Å². The second-order valence-corrected chi connectivity index (χ2v) is 11.9. The fourth-order valence-electron chi connectivity index (χ4n) is 5.67. The van der Waals surface area contributed by atoms with E-state index in [1.807, 2.05) is 11.8 Å². The van der Waals surface area contributed by atoms with Gasteiger partial charge in [-0.3, -0.25) is 19.8 Å². The van der Waals surface area contributed by atoms with Crippen LogP contribution in [0.1, 0.15) is 42.0 Å². The average molecular weight is 679 g/mol. The Morgan fingerprint density at radius 2 is 1.85 bits per heavy atom. The van der Waals surface area contributed by atoms with E-state index in [4.69, 9.17) is 16.6 Å². The van der Waals surface area contributed by atoms with Gasteiger partial charge < -0.3 is 30.0 Å². The molecule has 4 heterocycles. The summed E-state index contributed by atoms with van der Waals surface area (Å²) in [7, 11) is 3.48. The molecule has 1 saturated heterocycles. The molecule has 1 atom stereocenters. The molecule has 3 amide bonds. The predicted octanol–water partition coefficient (Wildman–Crippen LogP) is 2.43. The molecule has 0 radical (unpaired) electrons. The van der Waals surface area contributed by atoms with Crippen molar-refractivity contribution in [1.29, 1.82) is 0 Å². The molecule has 0 spiro atoms. The van der Waals surface area contributed by atoms with Crippen LogP contribution in [-0.2, 0) is 15.8 Å². The molecule has 5 rings (SSSR count). The lowest BCUT2D eigenvalue weighted by Crippen LogP contribution is -2.67. The maximum absolute atomic E-state index is 14.2. The Hall–Kier alpha value is -4.80. The van der Waals surface area contributed by atoms with Gasteiger partial charge in [0.1, 0.15) is 18.6 Å². The van der Waals surface area contributed by atoms with Crippen LogP contribution in [-0.4, -0.2) is 116 Å². The number of carbonyl (C=O) groups is 3. The molecule has 0 aliphatic carbocycles. The maximum Gasteiger partial charge on any atom is 0.416 e. The Balaban J connectivity index is 1.43. The summed E-state index contributed by atoms with van der Waals surface area (Å²) in [5, 5.41) is 14.0.